The molecule has 10 heteroatoms. The van der Waals surface area contributed by atoms with Gasteiger partial charge in [-0.3, -0.25) is 0 Å². The third kappa shape index (κ3) is 4.03. The lowest BCUT2D eigenvalue weighted by molar-refractivity contribution is 0.288. The molecule has 0 bridgehead atoms. The van der Waals surface area contributed by atoms with Gasteiger partial charge in [0.2, 0.25) is 10.0 Å². The topological polar surface area (TPSA) is 85.9 Å². The number of rotatable bonds is 6. The Labute approximate surface area is 167 Å². The van der Waals surface area contributed by atoms with Crippen LogP contribution in [0.1, 0.15) is 19.3 Å². The zero-order chi connectivity index (χ0) is 20.4. The zero-order valence-electron chi connectivity index (χ0n) is 15.7. The first kappa shape index (κ1) is 19.6. The van der Waals surface area contributed by atoms with Gasteiger partial charge >= 0.3 is 5.69 Å². The van der Waals surface area contributed by atoms with Crippen molar-refractivity contribution in [2.45, 2.75) is 30.7 Å². The largest absolute Gasteiger partial charge is 0.492 e. The predicted molar refractivity (Wildman–Crippen MR) is 104 cm³/mol. The summed E-state index contributed by atoms with van der Waals surface area (Å²) in [5, 5.41) is 4.21. The standard InChI is InChI=1S/C19H21FN4O4S/c20-15-4-6-16(7-5-15)28-13-12-24-19(25)23-14-17(8-9-18(23)21-24)29(26,27)22-10-2-1-3-11-22/h4-9,14H,1-3,10-13H2. The Balaban J connectivity index is 1.53. The summed E-state index contributed by atoms with van der Waals surface area (Å²) in [5.74, 6) is 0.127. The summed E-state index contributed by atoms with van der Waals surface area (Å²) in [5.41, 5.74) is -0.0900. The highest BCUT2D eigenvalue weighted by Crippen LogP contribution is 2.20. The first-order chi connectivity index (χ1) is 13.9. The molecular formula is C19H21FN4O4S. The molecular weight excluding hydrogens is 399 g/mol. The highest BCUT2D eigenvalue weighted by molar-refractivity contribution is 7.89. The van der Waals surface area contributed by atoms with E-state index < -0.39 is 15.7 Å². The van der Waals surface area contributed by atoms with Crippen molar-refractivity contribution in [2.75, 3.05) is 19.7 Å². The lowest BCUT2D eigenvalue weighted by atomic mass is 10.2. The molecule has 0 atom stereocenters. The lowest BCUT2D eigenvalue weighted by Gasteiger charge is -2.25. The number of aromatic nitrogens is 3. The van der Waals surface area contributed by atoms with Gasteiger partial charge in [-0.1, -0.05) is 6.42 Å². The number of hydrogen-bond donors (Lipinski definition) is 0. The summed E-state index contributed by atoms with van der Waals surface area (Å²) in [7, 11) is -3.64. The van der Waals surface area contributed by atoms with E-state index in [2.05, 4.69) is 5.10 Å². The Morgan fingerprint density at radius 3 is 2.48 bits per heavy atom. The molecule has 3 aromatic rings. The molecule has 0 radical (unpaired) electrons. The van der Waals surface area contributed by atoms with Crippen LogP contribution in [0.2, 0.25) is 0 Å². The molecule has 0 unspecified atom stereocenters. The molecule has 1 fully saturated rings. The van der Waals surface area contributed by atoms with Crippen LogP contribution < -0.4 is 10.4 Å². The minimum Gasteiger partial charge on any atom is -0.492 e. The third-order valence-electron chi connectivity index (χ3n) is 4.89. The normalized spacial score (nSPS) is 15.6. The minimum absolute atomic E-state index is 0.0797. The molecule has 8 nitrogen and oxygen atoms in total. The molecule has 1 aliphatic heterocycles. The van der Waals surface area contributed by atoms with E-state index in [1.54, 1.807) is 0 Å². The monoisotopic (exact) mass is 420 g/mol. The molecule has 3 heterocycles. The zero-order valence-corrected chi connectivity index (χ0v) is 16.5. The average molecular weight is 420 g/mol. The lowest BCUT2D eigenvalue weighted by Crippen LogP contribution is -2.35. The average Bonchev–Trinajstić information content (AvgIpc) is 3.05. The Hall–Kier alpha value is -2.72. The molecule has 0 spiro atoms. The van der Waals surface area contributed by atoms with E-state index >= 15 is 0 Å². The van der Waals surface area contributed by atoms with Gasteiger partial charge in [-0.05, 0) is 49.2 Å². The fraction of sp³-hybridized carbons (Fsp3) is 0.368. The van der Waals surface area contributed by atoms with E-state index in [-0.39, 0.29) is 23.9 Å². The number of pyridine rings is 1. The second kappa shape index (κ2) is 7.96. The van der Waals surface area contributed by atoms with Gasteiger partial charge in [-0.2, -0.15) is 4.31 Å². The van der Waals surface area contributed by atoms with Gasteiger partial charge < -0.3 is 4.74 Å². The maximum atomic E-state index is 12.9. The van der Waals surface area contributed by atoms with Gasteiger partial charge in [0.25, 0.3) is 0 Å². The van der Waals surface area contributed by atoms with E-state index in [1.807, 2.05) is 0 Å². The van der Waals surface area contributed by atoms with Gasteiger partial charge in [0, 0.05) is 19.3 Å². The summed E-state index contributed by atoms with van der Waals surface area (Å²) in [6.07, 6.45) is 4.03. The summed E-state index contributed by atoms with van der Waals surface area (Å²) < 4.78 is 48.0. The van der Waals surface area contributed by atoms with Crippen LogP contribution in [0.3, 0.4) is 0 Å². The number of halogens is 1. The summed E-state index contributed by atoms with van der Waals surface area (Å²) in [4.78, 5) is 12.7. The van der Waals surface area contributed by atoms with Crippen LogP contribution in [-0.4, -0.2) is 46.6 Å². The molecule has 0 aliphatic carbocycles. The molecule has 4 rings (SSSR count). The van der Waals surface area contributed by atoms with Gasteiger partial charge in [0.15, 0.2) is 5.65 Å². The second-order valence-electron chi connectivity index (χ2n) is 6.87. The van der Waals surface area contributed by atoms with Crippen LogP contribution in [-0.2, 0) is 16.6 Å². The van der Waals surface area contributed by atoms with Crippen molar-refractivity contribution in [3.8, 4) is 5.75 Å². The first-order valence-electron chi connectivity index (χ1n) is 9.43. The highest BCUT2D eigenvalue weighted by atomic mass is 32.2. The molecule has 2 aromatic heterocycles. The van der Waals surface area contributed by atoms with Crippen LogP contribution in [0.15, 0.2) is 52.3 Å². The fourth-order valence-electron chi connectivity index (χ4n) is 3.33. The van der Waals surface area contributed by atoms with E-state index in [0.29, 0.717) is 24.5 Å². The maximum Gasteiger partial charge on any atom is 0.350 e. The number of nitrogens with zero attached hydrogens (tertiary/aromatic N) is 4. The first-order valence-corrected chi connectivity index (χ1v) is 10.9. The van der Waals surface area contributed by atoms with Crippen molar-refractivity contribution in [2.24, 2.45) is 0 Å². The quantitative estimate of drug-likeness (QED) is 0.608. The van der Waals surface area contributed by atoms with Crippen molar-refractivity contribution in [3.05, 3.63) is 58.9 Å². The highest BCUT2D eigenvalue weighted by Gasteiger charge is 2.26. The number of ether oxygens (including phenoxy) is 1. The third-order valence-corrected chi connectivity index (χ3v) is 6.77. The molecule has 1 aliphatic rings. The smallest absolute Gasteiger partial charge is 0.350 e. The van der Waals surface area contributed by atoms with Crippen molar-refractivity contribution in [1.29, 1.82) is 0 Å². The van der Waals surface area contributed by atoms with E-state index in [9.17, 15) is 17.6 Å². The summed E-state index contributed by atoms with van der Waals surface area (Å²) in [6.45, 7) is 1.32. The number of fused-ring (bicyclic) bond motifs is 1. The summed E-state index contributed by atoms with van der Waals surface area (Å²) in [6, 6.07) is 8.58. The van der Waals surface area contributed by atoms with Crippen molar-refractivity contribution in [1.82, 2.24) is 18.5 Å². The Morgan fingerprint density at radius 2 is 1.76 bits per heavy atom. The predicted octanol–water partition coefficient (Wildman–Crippen LogP) is 1.89. The van der Waals surface area contributed by atoms with Crippen LogP contribution in [0, 0.1) is 5.82 Å². The number of hydrogen-bond acceptors (Lipinski definition) is 5. The van der Waals surface area contributed by atoms with Crippen molar-refractivity contribution in [3.63, 3.8) is 0 Å². The van der Waals surface area contributed by atoms with Crippen molar-refractivity contribution < 1.29 is 17.5 Å². The van der Waals surface area contributed by atoms with E-state index in [0.717, 1.165) is 19.3 Å². The molecule has 154 valence electrons. The van der Waals surface area contributed by atoms with Crippen LogP contribution in [0.4, 0.5) is 4.39 Å². The number of piperidine rings is 1. The van der Waals surface area contributed by atoms with Crippen LogP contribution >= 0.6 is 0 Å². The Bertz CT molecular complexity index is 1170. The fourth-order valence-corrected chi connectivity index (χ4v) is 4.85. The van der Waals surface area contributed by atoms with Gasteiger partial charge in [-0.25, -0.2) is 26.7 Å². The van der Waals surface area contributed by atoms with Gasteiger partial charge in [0.1, 0.15) is 18.2 Å². The Morgan fingerprint density at radius 1 is 1.03 bits per heavy atom. The molecule has 29 heavy (non-hydrogen) atoms. The van der Waals surface area contributed by atoms with Crippen LogP contribution in [0.25, 0.3) is 5.65 Å². The molecule has 0 saturated carbocycles. The van der Waals surface area contributed by atoms with E-state index in [1.165, 1.54) is 56.0 Å². The summed E-state index contributed by atoms with van der Waals surface area (Å²) >= 11 is 0. The Kier molecular flexibility index (Phi) is 5.37. The molecule has 1 saturated heterocycles. The van der Waals surface area contributed by atoms with Crippen molar-refractivity contribution >= 4 is 15.7 Å². The molecule has 1 aromatic carbocycles. The second-order valence-corrected chi connectivity index (χ2v) is 8.80. The SMILES string of the molecule is O=c1n(CCOc2ccc(F)cc2)nc2ccc(S(=O)(=O)N3CCCCC3)cn12. The number of sulfonamides is 1. The molecule has 0 amide bonds. The molecule has 0 N–H and O–H groups in total. The van der Waals surface area contributed by atoms with Gasteiger partial charge in [0.05, 0.1) is 11.4 Å². The maximum absolute atomic E-state index is 12.9. The van der Waals surface area contributed by atoms with Crippen LogP contribution in [0.5, 0.6) is 5.75 Å². The van der Waals surface area contributed by atoms with Gasteiger partial charge in [-0.15, -0.1) is 5.10 Å². The number of benzene rings is 1. The minimum atomic E-state index is -3.64. The van der Waals surface area contributed by atoms with E-state index in [4.69, 9.17) is 4.74 Å².